The third-order valence-corrected chi connectivity index (χ3v) is 5.88. The number of carbonyl (C=O) groups is 1. The van der Waals surface area contributed by atoms with Gasteiger partial charge < -0.3 is 4.74 Å². The number of aromatic nitrogens is 2. The number of halogens is 2. The van der Waals surface area contributed by atoms with Crippen molar-refractivity contribution in [3.63, 3.8) is 0 Å². The van der Waals surface area contributed by atoms with Crippen LogP contribution in [0.5, 0.6) is 5.75 Å². The lowest BCUT2D eigenvalue weighted by Crippen LogP contribution is -2.16. The van der Waals surface area contributed by atoms with E-state index in [1.165, 1.54) is 0 Å². The number of nitrogens with zero attached hydrogens (tertiary/aromatic N) is 2. The summed E-state index contributed by atoms with van der Waals surface area (Å²) in [6.07, 6.45) is 1.08. The summed E-state index contributed by atoms with van der Waals surface area (Å²) in [6, 6.07) is 13.7. The highest BCUT2D eigenvalue weighted by molar-refractivity contribution is 9.10. The molecule has 0 N–H and O–H groups in total. The van der Waals surface area contributed by atoms with E-state index in [4.69, 9.17) is 16.3 Å². The Balaban J connectivity index is 1.89. The monoisotopic (exact) mass is 480 g/mol. The van der Waals surface area contributed by atoms with E-state index in [0.717, 1.165) is 11.8 Å². The molecule has 2 aromatic carbocycles. The summed E-state index contributed by atoms with van der Waals surface area (Å²) in [4.78, 5) is 20.1. The molecule has 0 fully saturated rings. The molecule has 6 nitrogen and oxygen atoms in total. The number of aryl methyl sites for hydroxylation is 1. The minimum absolute atomic E-state index is 0.102. The van der Waals surface area contributed by atoms with Crippen molar-refractivity contribution in [2.45, 2.75) is 17.8 Å². The summed E-state index contributed by atoms with van der Waals surface area (Å²) in [5, 5.41) is -0.589. The maximum absolute atomic E-state index is 12.7. The second kappa shape index (κ2) is 8.38. The first-order valence-corrected chi connectivity index (χ1v) is 10.9. The Morgan fingerprint density at radius 1 is 1.18 bits per heavy atom. The summed E-state index contributed by atoms with van der Waals surface area (Å²) in [5.41, 5.74) is 1.21. The summed E-state index contributed by atoms with van der Waals surface area (Å²) in [7, 11) is -3.88. The molecule has 0 aliphatic heterocycles. The molecule has 0 saturated heterocycles. The fourth-order valence-electron chi connectivity index (χ4n) is 2.42. The molecule has 0 aliphatic rings. The number of carbonyl (C=O) groups excluding carboxylic acids is 1. The molecule has 0 aliphatic carbocycles. The lowest BCUT2D eigenvalue weighted by Gasteiger charge is -2.08. The van der Waals surface area contributed by atoms with Crippen molar-refractivity contribution in [1.29, 1.82) is 0 Å². The van der Waals surface area contributed by atoms with Gasteiger partial charge in [0.05, 0.1) is 17.0 Å². The molecule has 0 radical (unpaired) electrons. The normalized spacial score (nSPS) is 11.2. The van der Waals surface area contributed by atoms with Gasteiger partial charge in [0, 0.05) is 4.47 Å². The number of benzene rings is 2. The van der Waals surface area contributed by atoms with E-state index in [1.54, 1.807) is 42.5 Å². The minimum Gasteiger partial charge on any atom is -0.422 e. The van der Waals surface area contributed by atoms with Gasteiger partial charge in [-0.25, -0.2) is 23.2 Å². The zero-order valence-corrected chi connectivity index (χ0v) is 17.8. The van der Waals surface area contributed by atoms with Gasteiger partial charge in [0.15, 0.2) is 5.69 Å². The molecule has 1 heterocycles. The Labute approximate surface area is 175 Å². The van der Waals surface area contributed by atoms with Gasteiger partial charge in [-0.2, -0.15) is 0 Å². The Hall–Kier alpha value is -2.29. The number of hydrogen-bond acceptors (Lipinski definition) is 6. The van der Waals surface area contributed by atoms with E-state index < -0.39 is 21.0 Å². The van der Waals surface area contributed by atoms with Crippen molar-refractivity contribution in [1.82, 2.24) is 9.97 Å². The smallest absolute Gasteiger partial charge is 0.364 e. The standard InChI is InChI=1S/C19H14BrClN2O4S/c1-12-4-2-5-13(8-12)11-28(25,26)19-22-10-16(21)17(23-19)18(24)27-15-7-3-6-14(20)9-15/h2-10H,11H2,1H3. The van der Waals surface area contributed by atoms with Crippen molar-refractivity contribution >= 4 is 43.3 Å². The average molecular weight is 482 g/mol. The number of sulfone groups is 1. The molecule has 0 unspecified atom stereocenters. The van der Waals surface area contributed by atoms with E-state index in [9.17, 15) is 13.2 Å². The fourth-order valence-corrected chi connectivity index (χ4v) is 4.15. The highest BCUT2D eigenvalue weighted by Gasteiger charge is 2.24. The van der Waals surface area contributed by atoms with Crippen LogP contribution in [-0.2, 0) is 15.6 Å². The third-order valence-electron chi connectivity index (χ3n) is 3.64. The highest BCUT2D eigenvalue weighted by Crippen LogP contribution is 2.22. The van der Waals surface area contributed by atoms with E-state index in [-0.39, 0.29) is 22.2 Å². The molecule has 3 rings (SSSR count). The van der Waals surface area contributed by atoms with Crippen LogP contribution in [0.4, 0.5) is 0 Å². The van der Waals surface area contributed by atoms with Crippen LogP contribution in [0.3, 0.4) is 0 Å². The van der Waals surface area contributed by atoms with Crippen LogP contribution < -0.4 is 4.74 Å². The van der Waals surface area contributed by atoms with Crippen LogP contribution in [0, 0.1) is 6.92 Å². The minimum atomic E-state index is -3.88. The Kier molecular flexibility index (Phi) is 6.12. The van der Waals surface area contributed by atoms with Crippen molar-refractivity contribution in [2.75, 3.05) is 0 Å². The molecule has 9 heteroatoms. The lowest BCUT2D eigenvalue weighted by atomic mass is 10.2. The molecule has 0 spiro atoms. The largest absolute Gasteiger partial charge is 0.422 e. The summed E-state index contributed by atoms with van der Waals surface area (Å²) < 4.78 is 31.3. The molecule has 144 valence electrons. The first-order valence-electron chi connectivity index (χ1n) is 8.03. The van der Waals surface area contributed by atoms with Gasteiger partial charge >= 0.3 is 5.97 Å². The fraction of sp³-hybridized carbons (Fsp3) is 0.105. The predicted octanol–water partition coefficient (Wildman–Crippen LogP) is 4.39. The van der Waals surface area contributed by atoms with Gasteiger partial charge in [-0.05, 0) is 30.7 Å². The summed E-state index contributed by atoms with van der Waals surface area (Å²) in [6.45, 7) is 1.87. The number of ether oxygens (including phenoxy) is 1. The van der Waals surface area contributed by atoms with Crippen LogP contribution in [-0.4, -0.2) is 24.4 Å². The second-order valence-electron chi connectivity index (χ2n) is 5.94. The van der Waals surface area contributed by atoms with E-state index in [1.807, 2.05) is 13.0 Å². The topological polar surface area (TPSA) is 86.2 Å². The van der Waals surface area contributed by atoms with Gasteiger partial charge in [0.1, 0.15) is 5.75 Å². The molecule has 1 aromatic heterocycles. The first-order chi connectivity index (χ1) is 13.2. The number of hydrogen-bond donors (Lipinski definition) is 0. The van der Waals surface area contributed by atoms with Crippen molar-refractivity contribution in [2.24, 2.45) is 0 Å². The zero-order chi connectivity index (χ0) is 20.3. The highest BCUT2D eigenvalue weighted by atomic mass is 79.9. The quantitative estimate of drug-likeness (QED) is 0.305. The molecular formula is C19H14BrClN2O4S. The first kappa shape index (κ1) is 20.4. The van der Waals surface area contributed by atoms with Crippen molar-refractivity contribution < 1.29 is 17.9 Å². The predicted molar refractivity (Wildman–Crippen MR) is 108 cm³/mol. The van der Waals surface area contributed by atoms with Gasteiger partial charge in [0.2, 0.25) is 15.0 Å². The second-order valence-corrected chi connectivity index (χ2v) is 9.15. The maximum atomic E-state index is 12.7. The third kappa shape index (κ3) is 4.95. The average Bonchev–Trinajstić information content (AvgIpc) is 2.61. The Morgan fingerprint density at radius 2 is 1.93 bits per heavy atom. The Bertz CT molecular complexity index is 1150. The molecule has 3 aromatic rings. The summed E-state index contributed by atoms with van der Waals surface area (Å²) in [5.74, 6) is -0.910. The Morgan fingerprint density at radius 3 is 2.64 bits per heavy atom. The van der Waals surface area contributed by atoms with Crippen molar-refractivity contribution in [3.05, 3.63) is 81.0 Å². The molecule has 0 amide bonds. The SMILES string of the molecule is Cc1cccc(CS(=O)(=O)c2ncc(Cl)c(C(=O)Oc3cccc(Br)c3)n2)c1. The van der Waals surface area contributed by atoms with E-state index >= 15 is 0 Å². The van der Waals surface area contributed by atoms with Crippen LogP contribution in [0.25, 0.3) is 0 Å². The van der Waals surface area contributed by atoms with E-state index in [2.05, 4.69) is 25.9 Å². The van der Waals surface area contributed by atoms with Crippen LogP contribution in [0.1, 0.15) is 21.6 Å². The van der Waals surface area contributed by atoms with Gasteiger partial charge in [-0.3, -0.25) is 0 Å². The van der Waals surface area contributed by atoms with Crippen LogP contribution in [0.2, 0.25) is 5.02 Å². The zero-order valence-electron chi connectivity index (χ0n) is 14.6. The molecule has 0 bridgehead atoms. The molecule has 28 heavy (non-hydrogen) atoms. The number of esters is 1. The van der Waals surface area contributed by atoms with Crippen LogP contribution in [0.15, 0.2) is 64.4 Å². The number of rotatable bonds is 5. The van der Waals surface area contributed by atoms with Crippen LogP contribution >= 0.6 is 27.5 Å². The molecule has 0 atom stereocenters. The van der Waals surface area contributed by atoms with Crippen molar-refractivity contribution in [3.8, 4) is 5.75 Å². The molecule has 0 saturated carbocycles. The molecular weight excluding hydrogens is 468 g/mol. The summed E-state index contributed by atoms with van der Waals surface area (Å²) >= 11 is 9.26. The van der Waals surface area contributed by atoms with Gasteiger partial charge in [-0.1, -0.05) is 63.4 Å². The van der Waals surface area contributed by atoms with Gasteiger partial charge in [0.25, 0.3) is 0 Å². The van der Waals surface area contributed by atoms with Gasteiger partial charge in [-0.15, -0.1) is 0 Å². The van der Waals surface area contributed by atoms with E-state index in [0.29, 0.717) is 10.0 Å². The lowest BCUT2D eigenvalue weighted by molar-refractivity contribution is 0.0727. The maximum Gasteiger partial charge on any atom is 0.364 e.